The Bertz CT molecular complexity index is 11.6. The third-order valence-corrected chi connectivity index (χ3v) is 0. The van der Waals surface area contributed by atoms with Crippen LogP contribution in [0.4, 0.5) is 0 Å². The molecule has 0 aromatic rings. The first-order chi connectivity index (χ1) is 1.00. The molecule has 0 atom stereocenters. The van der Waals surface area contributed by atoms with E-state index >= 15 is 0 Å². The summed E-state index contributed by atoms with van der Waals surface area (Å²) in [4.78, 5) is 0. The van der Waals surface area contributed by atoms with Crippen LogP contribution in [0.3, 0.4) is 0 Å². The molecule has 0 saturated carbocycles. The van der Waals surface area contributed by atoms with Crippen LogP contribution in [-0.2, 0) is 0 Å². The van der Waals surface area contributed by atoms with Gasteiger partial charge in [-0.25, -0.2) is 11.9 Å². The van der Waals surface area contributed by atoms with E-state index in [4.69, 9.17) is 4.66 Å². The summed E-state index contributed by atoms with van der Waals surface area (Å²) < 4.78 is 7.72. The van der Waals surface area contributed by atoms with Crippen LogP contribution in [0.25, 0.3) is 0 Å². The molecule has 0 spiro atoms. The van der Waals surface area contributed by atoms with Crippen LogP contribution < -0.4 is 85.6 Å². The molecule has 0 N–H and O–H groups in total. The van der Waals surface area contributed by atoms with Gasteiger partial charge in [0.15, 0.2) is 0 Å². The summed E-state index contributed by atoms with van der Waals surface area (Å²) in [6.45, 7) is 0. The first kappa shape index (κ1) is 15.8. The second-order valence-electron chi connectivity index (χ2n) is 0. The average Bonchev–Trinajstić information content (AvgIpc) is 1.00. The van der Waals surface area contributed by atoms with Crippen LogP contribution in [0.1, 0.15) is 1.43 Å². The zero-order chi connectivity index (χ0) is 2.00. The van der Waals surface area contributed by atoms with E-state index < -0.39 is 0 Å². The third-order valence-electron chi connectivity index (χ3n) is 0. The monoisotopic (exact) mass is 114 g/mol. The Kier molecular flexibility index (Phi) is 66.6. The molecule has 0 rings (SSSR count). The minimum Gasteiger partial charge on any atom is -1.00 e. The summed E-state index contributed by atoms with van der Waals surface area (Å²) in [5, 5.41) is 0. The first-order valence-corrected chi connectivity index (χ1v) is 0.463. The van der Waals surface area contributed by atoms with Crippen LogP contribution in [0.2, 0.25) is 0 Å². The van der Waals surface area contributed by atoms with Crippen molar-refractivity contribution >= 4 is 11.9 Å². The number of halogens is 1. The maximum absolute atomic E-state index is 7.72. The molecule has 16 valence electrons. The SMILES string of the molecule is [H-].[K+].[Na+].[O-]Cl. The second kappa shape index (κ2) is 16.9. The molecule has 0 saturated heterocycles. The summed E-state index contributed by atoms with van der Waals surface area (Å²) in [6.07, 6.45) is 0. The van der Waals surface area contributed by atoms with Crippen molar-refractivity contribution in [3.8, 4) is 0 Å². The van der Waals surface area contributed by atoms with Gasteiger partial charge in [0.1, 0.15) is 0 Å². The number of rotatable bonds is 0. The van der Waals surface area contributed by atoms with Gasteiger partial charge in [-0.1, -0.05) is 0 Å². The molecule has 1 nitrogen and oxygen atoms in total. The van der Waals surface area contributed by atoms with Crippen LogP contribution >= 0.6 is 11.9 Å². The molecule has 0 unspecified atom stereocenters. The fourth-order valence-corrected chi connectivity index (χ4v) is 0. The van der Waals surface area contributed by atoms with Crippen LogP contribution in [0.5, 0.6) is 0 Å². The first-order valence-electron chi connectivity index (χ1n) is 0.154. The van der Waals surface area contributed by atoms with Crippen molar-refractivity contribution in [2.45, 2.75) is 0 Å². The van der Waals surface area contributed by atoms with Crippen molar-refractivity contribution in [1.82, 2.24) is 0 Å². The Morgan fingerprint density at radius 1 is 1.50 bits per heavy atom. The van der Waals surface area contributed by atoms with Gasteiger partial charge in [0.2, 0.25) is 0 Å². The molecule has 0 heterocycles. The smallest absolute Gasteiger partial charge is 1.00 e. The topological polar surface area (TPSA) is 23.1 Å². The van der Waals surface area contributed by atoms with Crippen molar-refractivity contribution < 1.29 is 87.0 Å². The Balaban J connectivity index is -0.00000000167. The van der Waals surface area contributed by atoms with Gasteiger partial charge in [0.05, 0.1) is 0 Å². The van der Waals surface area contributed by atoms with Gasteiger partial charge in [-0.2, -0.15) is 0 Å². The van der Waals surface area contributed by atoms with Crippen molar-refractivity contribution in [1.29, 1.82) is 0 Å². The molecule has 0 amide bonds. The predicted octanol–water partition coefficient (Wildman–Crippen LogP) is -6.38. The van der Waals surface area contributed by atoms with E-state index in [2.05, 4.69) is 11.9 Å². The second-order valence-corrected chi connectivity index (χ2v) is 0. The molecule has 0 aromatic heterocycles. The Morgan fingerprint density at radius 3 is 1.50 bits per heavy atom. The van der Waals surface area contributed by atoms with E-state index in [1.54, 1.807) is 0 Å². The minimum atomic E-state index is 0. The fraction of sp³-hybridized carbons (Fsp3) is 0. The molecule has 0 radical (unpaired) electrons. The standard InChI is InChI=1S/ClO.K.Na.H/c1-2;;;/q-1;2*+1;-1. The number of hydrogen-bond acceptors (Lipinski definition) is 1. The van der Waals surface area contributed by atoms with E-state index in [1.807, 2.05) is 0 Å². The molecule has 4 heavy (non-hydrogen) atoms. The van der Waals surface area contributed by atoms with Crippen LogP contribution in [0, 0.1) is 0 Å². The van der Waals surface area contributed by atoms with Gasteiger partial charge in [-0.05, 0) is 0 Å². The minimum absolute atomic E-state index is 0. The van der Waals surface area contributed by atoms with E-state index in [0.717, 1.165) is 0 Å². The molecular weight excluding hydrogens is 114 g/mol. The third kappa shape index (κ3) is 8.86. The molecule has 0 aliphatic rings. The van der Waals surface area contributed by atoms with Gasteiger partial charge in [-0.3, -0.25) is 0 Å². The van der Waals surface area contributed by atoms with Gasteiger partial charge >= 0.3 is 80.9 Å². The van der Waals surface area contributed by atoms with Gasteiger partial charge < -0.3 is 6.09 Å². The van der Waals surface area contributed by atoms with Crippen LogP contribution in [0.15, 0.2) is 0 Å². The molecular formula is HClKNaO. The number of hydrogen-bond donors (Lipinski definition) is 0. The van der Waals surface area contributed by atoms with Gasteiger partial charge in [0.25, 0.3) is 0 Å². The van der Waals surface area contributed by atoms with Gasteiger partial charge in [-0.15, -0.1) is 0 Å². The van der Waals surface area contributed by atoms with Crippen LogP contribution in [-0.4, -0.2) is 0 Å². The van der Waals surface area contributed by atoms with E-state index in [1.165, 1.54) is 0 Å². The van der Waals surface area contributed by atoms with E-state index in [0.29, 0.717) is 0 Å². The zero-order valence-electron chi connectivity index (χ0n) is 3.79. The molecule has 0 bridgehead atoms. The predicted molar refractivity (Wildman–Crippen MR) is 6.96 cm³/mol. The summed E-state index contributed by atoms with van der Waals surface area (Å²) >= 11 is 3.39. The molecule has 0 aromatic carbocycles. The van der Waals surface area contributed by atoms with Gasteiger partial charge in [0, 0.05) is 0 Å². The van der Waals surface area contributed by atoms with E-state index in [9.17, 15) is 0 Å². The largest absolute Gasteiger partial charge is 1.00 e. The summed E-state index contributed by atoms with van der Waals surface area (Å²) in [6, 6.07) is 0. The molecule has 0 aliphatic carbocycles. The fourth-order valence-electron chi connectivity index (χ4n) is 0. The zero-order valence-corrected chi connectivity index (χ0v) is 8.67. The molecule has 0 aliphatic heterocycles. The van der Waals surface area contributed by atoms with Crippen molar-refractivity contribution in [2.75, 3.05) is 0 Å². The summed E-state index contributed by atoms with van der Waals surface area (Å²) in [5.74, 6) is 0. The summed E-state index contributed by atoms with van der Waals surface area (Å²) in [5.41, 5.74) is 0. The quantitative estimate of drug-likeness (QED) is 0.288. The Morgan fingerprint density at radius 2 is 1.50 bits per heavy atom. The average molecular weight is 115 g/mol. The normalized spacial score (nSPS) is 1.50. The Hall–Kier alpha value is 2.89. The van der Waals surface area contributed by atoms with E-state index in [-0.39, 0.29) is 82.4 Å². The molecule has 4 heteroatoms. The van der Waals surface area contributed by atoms with Crippen molar-refractivity contribution in [3.05, 3.63) is 0 Å². The van der Waals surface area contributed by atoms with Crippen molar-refractivity contribution in [3.63, 3.8) is 0 Å². The maximum atomic E-state index is 7.72. The Labute approximate surface area is 96.5 Å². The molecule has 0 fully saturated rings. The maximum Gasteiger partial charge on any atom is 1.00 e. The van der Waals surface area contributed by atoms with Crippen molar-refractivity contribution in [2.24, 2.45) is 0 Å². The summed E-state index contributed by atoms with van der Waals surface area (Å²) in [7, 11) is 0.